The van der Waals surface area contributed by atoms with E-state index >= 15 is 0 Å². The first-order valence-corrected chi connectivity index (χ1v) is 8.20. The number of halogens is 1. The third kappa shape index (κ3) is 2.46. The minimum absolute atomic E-state index is 0.130. The molecule has 122 valence electrons. The Balaban J connectivity index is 1.67. The molecular weight excluding hydrogens is 295 g/mol. The maximum atomic E-state index is 13.6. The second kappa shape index (κ2) is 5.69. The molecule has 2 fully saturated rings. The van der Waals surface area contributed by atoms with Gasteiger partial charge in [0.2, 0.25) is 5.89 Å². The van der Waals surface area contributed by atoms with Crippen LogP contribution in [0.25, 0.3) is 0 Å². The zero-order chi connectivity index (χ0) is 15.9. The van der Waals surface area contributed by atoms with E-state index in [4.69, 9.17) is 9.51 Å². The van der Waals surface area contributed by atoms with Crippen LogP contribution in [0.5, 0.6) is 0 Å². The Kier molecular flexibility index (Phi) is 3.66. The number of hydrogen-bond acceptors (Lipinski definition) is 5. The van der Waals surface area contributed by atoms with Crippen LogP contribution in [-0.4, -0.2) is 41.7 Å². The number of hydrogen-bond donors (Lipinski definition) is 1. The highest BCUT2D eigenvalue weighted by Gasteiger charge is 2.46. The summed E-state index contributed by atoms with van der Waals surface area (Å²) in [5, 5.41) is 7.59. The molecule has 1 aromatic carbocycles. The van der Waals surface area contributed by atoms with Gasteiger partial charge in [-0.25, -0.2) is 4.39 Å². The molecule has 1 unspecified atom stereocenters. The standard InChI is InChI=1S/C17H21FN4O/c1-22-9-8-19-11-14(22)15-20-16(23-21-15)17(6-3-7-17)12-4-2-5-13(18)10-12/h2,4-5,10,14,19H,3,6-9,11H2,1H3. The third-order valence-corrected chi connectivity index (χ3v) is 5.24. The Labute approximate surface area is 134 Å². The van der Waals surface area contributed by atoms with Gasteiger partial charge in [-0.05, 0) is 37.6 Å². The second-order valence-corrected chi connectivity index (χ2v) is 6.60. The van der Waals surface area contributed by atoms with E-state index < -0.39 is 0 Å². The third-order valence-electron chi connectivity index (χ3n) is 5.24. The SMILES string of the molecule is CN1CCNCC1c1noc(C2(c3cccc(F)c3)CCC2)n1. The van der Waals surface area contributed by atoms with Crippen LogP contribution in [0, 0.1) is 5.82 Å². The van der Waals surface area contributed by atoms with E-state index in [0.29, 0.717) is 5.89 Å². The van der Waals surface area contributed by atoms with Crippen molar-refractivity contribution >= 4 is 0 Å². The lowest BCUT2D eigenvalue weighted by Gasteiger charge is -2.39. The Morgan fingerprint density at radius 1 is 1.39 bits per heavy atom. The van der Waals surface area contributed by atoms with Gasteiger partial charge in [0.25, 0.3) is 0 Å². The lowest BCUT2D eigenvalue weighted by molar-refractivity contribution is 0.188. The summed E-state index contributed by atoms with van der Waals surface area (Å²) in [6.07, 6.45) is 2.95. The van der Waals surface area contributed by atoms with Crippen molar-refractivity contribution in [3.63, 3.8) is 0 Å². The van der Waals surface area contributed by atoms with Crippen LogP contribution in [-0.2, 0) is 5.41 Å². The van der Waals surface area contributed by atoms with Gasteiger partial charge in [0.1, 0.15) is 5.82 Å². The van der Waals surface area contributed by atoms with Gasteiger partial charge in [-0.3, -0.25) is 4.90 Å². The van der Waals surface area contributed by atoms with Crippen LogP contribution in [0.4, 0.5) is 4.39 Å². The molecular formula is C17H21FN4O. The highest BCUT2D eigenvalue weighted by Crippen LogP contribution is 2.48. The largest absolute Gasteiger partial charge is 0.338 e. The first-order chi connectivity index (χ1) is 11.2. The zero-order valence-electron chi connectivity index (χ0n) is 13.3. The van der Waals surface area contributed by atoms with Gasteiger partial charge >= 0.3 is 0 Å². The topological polar surface area (TPSA) is 54.2 Å². The van der Waals surface area contributed by atoms with Crippen molar-refractivity contribution < 1.29 is 8.91 Å². The van der Waals surface area contributed by atoms with Crippen LogP contribution in [0.15, 0.2) is 28.8 Å². The molecule has 0 spiro atoms. The van der Waals surface area contributed by atoms with Crippen LogP contribution in [0.3, 0.4) is 0 Å². The molecule has 2 aliphatic rings. The number of nitrogens with zero attached hydrogens (tertiary/aromatic N) is 3. The van der Waals surface area contributed by atoms with Gasteiger partial charge in [-0.1, -0.05) is 23.7 Å². The molecule has 0 amide bonds. The summed E-state index contributed by atoms with van der Waals surface area (Å²) in [6.45, 7) is 2.76. The van der Waals surface area contributed by atoms with Crippen molar-refractivity contribution in [2.75, 3.05) is 26.7 Å². The highest BCUT2D eigenvalue weighted by atomic mass is 19.1. The maximum absolute atomic E-state index is 13.6. The fraction of sp³-hybridized carbons (Fsp3) is 0.529. The van der Waals surface area contributed by atoms with Gasteiger partial charge in [0, 0.05) is 19.6 Å². The summed E-state index contributed by atoms with van der Waals surface area (Å²) in [4.78, 5) is 6.94. The minimum Gasteiger partial charge on any atom is -0.338 e. The van der Waals surface area contributed by atoms with E-state index in [1.54, 1.807) is 12.1 Å². The molecule has 1 saturated heterocycles. The quantitative estimate of drug-likeness (QED) is 0.941. The smallest absolute Gasteiger partial charge is 0.237 e. The van der Waals surface area contributed by atoms with Gasteiger partial charge in [0.05, 0.1) is 11.5 Å². The number of benzene rings is 1. The average molecular weight is 316 g/mol. The van der Waals surface area contributed by atoms with Crippen molar-refractivity contribution in [1.82, 2.24) is 20.4 Å². The second-order valence-electron chi connectivity index (χ2n) is 6.60. The Hall–Kier alpha value is -1.79. The molecule has 23 heavy (non-hydrogen) atoms. The van der Waals surface area contributed by atoms with E-state index in [0.717, 1.165) is 50.3 Å². The van der Waals surface area contributed by atoms with Crippen molar-refractivity contribution in [2.24, 2.45) is 0 Å². The van der Waals surface area contributed by atoms with Crippen LogP contribution in [0.1, 0.15) is 42.6 Å². The first kappa shape index (κ1) is 14.8. The molecule has 6 heteroatoms. The lowest BCUT2D eigenvalue weighted by atomic mass is 9.64. The first-order valence-electron chi connectivity index (χ1n) is 8.20. The van der Waals surface area contributed by atoms with Crippen molar-refractivity contribution in [2.45, 2.75) is 30.7 Å². The number of nitrogens with one attached hydrogen (secondary N) is 1. The summed E-state index contributed by atoms with van der Waals surface area (Å²) >= 11 is 0. The molecule has 4 rings (SSSR count). The fourth-order valence-corrected chi connectivity index (χ4v) is 3.60. The number of aromatic nitrogens is 2. The minimum atomic E-state index is -0.311. The normalized spacial score (nSPS) is 24.3. The molecule has 1 N–H and O–H groups in total. The van der Waals surface area contributed by atoms with Gasteiger partial charge in [-0.2, -0.15) is 4.98 Å². The van der Waals surface area contributed by atoms with Crippen LogP contribution < -0.4 is 5.32 Å². The Morgan fingerprint density at radius 3 is 2.96 bits per heavy atom. The van der Waals surface area contributed by atoms with E-state index in [9.17, 15) is 4.39 Å². The van der Waals surface area contributed by atoms with Crippen LogP contribution in [0.2, 0.25) is 0 Å². The fourth-order valence-electron chi connectivity index (χ4n) is 3.60. The van der Waals surface area contributed by atoms with E-state index in [2.05, 4.69) is 22.4 Å². The van der Waals surface area contributed by atoms with E-state index in [-0.39, 0.29) is 17.3 Å². The summed E-state index contributed by atoms with van der Waals surface area (Å²) in [7, 11) is 2.08. The van der Waals surface area contributed by atoms with Gasteiger partial charge in [-0.15, -0.1) is 0 Å². The predicted octanol–water partition coefficient (Wildman–Crippen LogP) is 2.25. The highest BCUT2D eigenvalue weighted by molar-refractivity contribution is 5.35. The molecule has 0 radical (unpaired) electrons. The summed E-state index contributed by atoms with van der Waals surface area (Å²) in [6, 6.07) is 6.90. The molecule has 2 heterocycles. The average Bonchev–Trinajstić information content (AvgIpc) is 2.96. The summed E-state index contributed by atoms with van der Waals surface area (Å²) in [5.41, 5.74) is 0.627. The maximum Gasteiger partial charge on any atom is 0.237 e. The van der Waals surface area contributed by atoms with Crippen molar-refractivity contribution in [3.8, 4) is 0 Å². The number of piperazine rings is 1. The molecule has 1 saturated carbocycles. The Morgan fingerprint density at radius 2 is 2.26 bits per heavy atom. The molecule has 1 aliphatic carbocycles. The predicted molar refractivity (Wildman–Crippen MR) is 83.6 cm³/mol. The summed E-state index contributed by atoms with van der Waals surface area (Å²) in [5.74, 6) is 1.13. The molecule has 1 aromatic heterocycles. The monoisotopic (exact) mass is 316 g/mol. The van der Waals surface area contributed by atoms with E-state index in [1.807, 2.05) is 6.07 Å². The number of likely N-dealkylation sites (N-methyl/N-ethyl adjacent to an activating group) is 1. The van der Waals surface area contributed by atoms with E-state index in [1.165, 1.54) is 6.07 Å². The molecule has 0 bridgehead atoms. The zero-order valence-corrected chi connectivity index (χ0v) is 13.3. The lowest BCUT2D eigenvalue weighted by Crippen LogP contribution is -2.44. The molecule has 2 aromatic rings. The molecule has 1 aliphatic heterocycles. The van der Waals surface area contributed by atoms with Crippen molar-refractivity contribution in [3.05, 3.63) is 47.4 Å². The summed E-state index contributed by atoms with van der Waals surface area (Å²) < 4.78 is 19.3. The van der Waals surface area contributed by atoms with Crippen LogP contribution >= 0.6 is 0 Å². The molecule has 5 nitrogen and oxygen atoms in total. The van der Waals surface area contributed by atoms with Gasteiger partial charge < -0.3 is 9.84 Å². The van der Waals surface area contributed by atoms with Gasteiger partial charge in [0.15, 0.2) is 5.82 Å². The molecule has 1 atom stereocenters. The van der Waals surface area contributed by atoms with Crippen molar-refractivity contribution in [1.29, 1.82) is 0 Å². The number of rotatable bonds is 3. The Bertz CT molecular complexity index is 697.